The van der Waals surface area contributed by atoms with Crippen molar-refractivity contribution in [1.82, 2.24) is 16.0 Å². The van der Waals surface area contributed by atoms with Crippen LogP contribution in [0.3, 0.4) is 0 Å². The minimum atomic E-state index is -1.14. The molecule has 0 unspecified atom stereocenters. The monoisotopic (exact) mass is 615 g/mol. The minimum absolute atomic E-state index is 0.00809. The Morgan fingerprint density at radius 3 is 2.50 bits per heavy atom. The molecule has 2 saturated carbocycles. The van der Waals surface area contributed by atoms with E-state index in [0.717, 1.165) is 61.9 Å². The van der Waals surface area contributed by atoms with Gasteiger partial charge < -0.3 is 36.4 Å². The topological polar surface area (TPSA) is 134 Å². The lowest BCUT2D eigenvalue weighted by Gasteiger charge is -2.57. The highest BCUT2D eigenvalue weighted by Crippen LogP contribution is 2.63. The molecule has 44 heavy (non-hydrogen) atoms. The van der Waals surface area contributed by atoms with Crippen molar-refractivity contribution in [3.05, 3.63) is 58.7 Å². The second kappa shape index (κ2) is 19.6. The highest BCUT2D eigenvalue weighted by molar-refractivity contribution is 5.74. The number of nitrogens with one attached hydrogen (secondary N) is 3. The molecule has 0 saturated heterocycles. The number of hydrogen-bond donors (Lipinski definition) is 7. The quantitative estimate of drug-likeness (QED) is 0.0362. The Hall–Kier alpha value is -1.91. The molecule has 250 valence electrons. The van der Waals surface area contributed by atoms with Gasteiger partial charge in [0.2, 0.25) is 0 Å². The van der Waals surface area contributed by atoms with E-state index in [4.69, 9.17) is 0 Å². The Bertz CT molecular complexity index is 1030. The van der Waals surface area contributed by atoms with Crippen molar-refractivity contribution in [2.45, 2.75) is 89.8 Å². The first-order valence-electron chi connectivity index (χ1n) is 16.6. The number of aliphatic hydroxyl groups excluding tert-OH is 3. The van der Waals surface area contributed by atoms with Gasteiger partial charge in [-0.05, 0) is 129 Å². The summed E-state index contributed by atoms with van der Waals surface area (Å²) in [4.78, 5) is 11.9. The largest absolute Gasteiger partial charge is 0.396 e. The van der Waals surface area contributed by atoms with Crippen LogP contribution in [-0.2, 0) is 4.79 Å². The van der Waals surface area contributed by atoms with Crippen molar-refractivity contribution in [2.24, 2.45) is 17.3 Å². The Morgan fingerprint density at radius 2 is 1.84 bits per heavy atom. The summed E-state index contributed by atoms with van der Waals surface area (Å²) in [6.07, 6.45) is 14.7. The fourth-order valence-corrected chi connectivity index (χ4v) is 7.62. The molecule has 2 rings (SSSR count). The standard InChI is InChI=1S/C36H61N3O5/c1-27(10-6-12-28(2)24-39-21-9-20-37-4)11-7-13-30(26-42)32-16-18-36(34(32)43)33(14-8-23-40)31(29(3)25-41)15-17-35(36,44)19-22-38-5/h7,11-13,25,32-34,37-40,42-44H,1,6,8-10,14-24,26H2,2-5H3/b11-7+,28-12+,30-13-,31-29-/t32-,33-,34+,35-,36+/m0/s1. The summed E-state index contributed by atoms with van der Waals surface area (Å²) in [5.74, 6) is -0.552. The molecule has 8 nitrogen and oxygen atoms in total. The molecule has 0 aromatic carbocycles. The SMILES string of the molecule is C=C(/C=C/C=C(/CO)[C@@H]1CC[C@]2([C@@H]1O)[C@@H](CCCO)/C(=C(/C)C=O)CC[C@]2(O)CCNC)CC/C=C(\C)CNCCCNC. The van der Waals surface area contributed by atoms with Gasteiger partial charge in [0, 0.05) is 24.5 Å². The van der Waals surface area contributed by atoms with Gasteiger partial charge in [-0.25, -0.2) is 0 Å². The Balaban J connectivity index is 2.22. The van der Waals surface area contributed by atoms with Crippen LogP contribution < -0.4 is 16.0 Å². The molecule has 0 amide bonds. The summed E-state index contributed by atoms with van der Waals surface area (Å²) in [7, 11) is 3.82. The van der Waals surface area contributed by atoms with Crippen molar-refractivity contribution >= 4 is 6.29 Å². The van der Waals surface area contributed by atoms with Gasteiger partial charge in [0.15, 0.2) is 0 Å². The molecule has 2 fully saturated rings. The van der Waals surface area contributed by atoms with Crippen molar-refractivity contribution in [1.29, 1.82) is 0 Å². The number of carbonyl (C=O) groups is 1. The first-order chi connectivity index (χ1) is 21.1. The molecule has 1 spiro atoms. The first-order valence-corrected chi connectivity index (χ1v) is 16.6. The molecule has 2 aliphatic rings. The third-order valence-corrected chi connectivity index (χ3v) is 10.1. The molecule has 2 aliphatic carbocycles. The molecular weight excluding hydrogens is 554 g/mol. The average Bonchev–Trinajstić information content (AvgIpc) is 3.36. The highest BCUT2D eigenvalue weighted by Gasteiger charge is 2.65. The Labute approximate surface area is 266 Å². The van der Waals surface area contributed by atoms with Crippen LogP contribution in [0.15, 0.2) is 58.7 Å². The van der Waals surface area contributed by atoms with Gasteiger partial charge in [0.05, 0.1) is 18.3 Å². The predicted octanol–water partition coefficient (Wildman–Crippen LogP) is 3.74. The molecule has 5 atom stereocenters. The molecular formula is C36H61N3O5. The van der Waals surface area contributed by atoms with Gasteiger partial charge in [0.25, 0.3) is 0 Å². The van der Waals surface area contributed by atoms with Gasteiger partial charge in [-0.3, -0.25) is 4.79 Å². The van der Waals surface area contributed by atoms with Crippen LogP contribution in [0.25, 0.3) is 0 Å². The van der Waals surface area contributed by atoms with Crippen molar-refractivity contribution in [3.8, 4) is 0 Å². The second-order valence-corrected chi connectivity index (χ2v) is 12.9. The lowest BCUT2D eigenvalue weighted by molar-refractivity contribution is -0.180. The summed E-state index contributed by atoms with van der Waals surface area (Å²) in [5.41, 5.74) is 2.66. The van der Waals surface area contributed by atoms with E-state index in [0.29, 0.717) is 57.1 Å². The molecule has 0 heterocycles. The molecule has 8 heteroatoms. The number of rotatable bonds is 20. The number of carbonyl (C=O) groups excluding carboxylic acids is 1. The van der Waals surface area contributed by atoms with Gasteiger partial charge in [-0.2, -0.15) is 0 Å². The zero-order valence-electron chi connectivity index (χ0n) is 27.8. The van der Waals surface area contributed by atoms with E-state index in [1.807, 2.05) is 39.2 Å². The number of aldehydes is 1. The summed E-state index contributed by atoms with van der Waals surface area (Å²) in [5, 5.41) is 54.4. The average molecular weight is 616 g/mol. The third kappa shape index (κ3) is 9.79. The molecule has 0 aromatic rings. The first kappa shape index (κ1) is 38.3. The number of allylic oxidation sites excluding steroid dienone is 7. The van der Waals surface area contributed by atoms with E-state index in [-0.39, 0.29) is 25.0 Å². The van der Waals surface area contributed by atoms with E-state index in [2.05, 4.69) is 35.5 Å². The van der Waals surface area contributed by atoms with Crippen molar-refractivity contribution < 1.29 is 25.2 Å². The lowest BCUT2D eigenvalue weighted by atomic mass is 9.51. The number of hydrogen-bond acceptors (Lipinski definition) is 8. The van der Waals surface area contributed by atoms with E-state index in [1.54, 1.807) is 0 Å². The summed E-state index contributed by atoms with van der Waals surface area (Å²) >= 11 is 0. The molecule has 0 aromatic heterocycles. The van der Waals surface area contributed by atoms with Crippen molar-refractivity contribution in [3.63, 3.8) is 0 Å². The van der Waals surface area contributed by atoms with Crippen LogP contribution in [0.5, 0.6) is 0 Å². The van der Waals surface area contributed by atoms with Crippen molar-refractivity contribution in [2.75, 3.05) is 53.5 Å². The zero-order chi connectivity index (χ0) is 32.6. The Morgan fingerprint density at radius 1 is 1.09 bits per heavy atom. The maximum atomic E-state index is 12.3. The highest BCUT2D eigenvalue weighted by atomic mass is 16.3. The maximum Gasteiger partial charge on any atom is 0.145 e. The molecule has 0 bridgehead atoms. The second-order valence-electron chi connectivity index (χ2n) is 12.9. The molecule has 7 N–H and O–H groups in total. The van der Waals surface area contributed by atoms with E-state index >= 15 is 0 Å². The maximum absolute atomic E-state index is 12.3. The van der Waals surface area contributed by atoms with Gasteiger partial charge in [-0.15, -0.1) is 0 Å². The van der Waals surface area contributed by atoms with E-state index in [1.165, 1.54) is 5.57 Å². The van der Waals surface area contributed by atoms with Gasteiger partial charge in [-0.1, -0.05) is 47.6 Å². The van der Waals surface area contributed by atoms with Gasteiger partial charge in [0.1, 0.15) is 6.29 Å². The van der Waals surface area contributed by atoms with Crippen LogP contribution in [0.4, 0.5) is 0 Å². The fourth-order valence-electron chi connectivity index (χ4n) is 7.62. The van der Waals surface area contributed by atoms with Crippen LogP contribution in [0.1, 0.15) is 78.1 Å². The fraction of sp³-hybridized carbons (Fsp3) is 0.694. The van der Waals surface area contributed by atoms with E-state index in [9.17, 15) is 25.2 Å². The smallest absolute Gasteiger partial charge is 0.145 e. The molecule has 0 aliphatic heterocycles. The van der Waals surface area contributed by atoms with Gasteiger partial charge >= 0.3 is 0 Å². The predicted molar refractivity (Wildman–Crippen MR) is 180 cm³/mol. The van der Waals surface area contributed by atoms with Crippen LogP contribution >= 0.6 is 0 Å². The van der Waals surface area contributed by atoms with Crippen LogP contribution in [-0.4, -0.2) is 91.9 Å². The number of aliphatic hydroxyl groups is 4. The summed E-state index contributed by atoms with van der Waals surface area (Å²) in [6.45, 7) is 11.5. The zero-order valence-corrected chi connectivity index (χ0v) is 27.8. The molecule has 0 radical (unpaired) electrons. The summed E-state index contributed by atoms with van der Waals surface area (Å²) in [6, 6.07) is 0. The van der Waals surface area contributed by atoms with E-state index < -0.39 is 17.1 Å². The Kier molecular flexibility index (Phi) is 17.0. The van der Waals surface area contributed by atoms with Crippen LogP contribution in [0.2, 0.25) is 0 Å². The van der Waals surface area contributed by atoms with Crippen LogP contribution in [0, 0.1) is 17.3 Å². The third-order valence-electron chi connectivity index (χ3n) is 10.1. The minimum Gasteiger partial charge on any atom is -0.396 e. The lowest BCUT2D eigenvalue weighted by Crippen LogP contribution is -2.61. The summed E-state index contributed by atoms with van der Waals surface area (Å²) < 4.78 is 0. The normalized spacial score (nSPS) is 29.1.